The Balaban J connectivity index is 2.00. The molecule has 0 radical (unpaired) electrons. The monoisotopic (exact) mass is 379 g/mol. The number of allylic oxidation sites excluding steroid dienone is 1. The fourth-order valence-electron chi connectivity index (χ4n) is 3.50. The molecule has 3 rings (SSSR count). The van der Waals surface area contributed by atoms with E-state index in [9.17, 15) is 5.26 Å². The van der Waals surface area contributed by atoms with Crippen LogP contribution in [0.3, 0.4) is 0 Å². The number of hydrogen-bond donors (Lipinski definition) is 0. The quantitative estimate of drug-likeness (QED) is 0.495. The van der Waals surface area contributed by atoms with E-state index < -0.39 is 0 Å². The summed E-state index contributed by atoms with van der Waals surface area (Å²) >= 11 is 0. The number of nitriles is 1. The van der Waals surface area contributed by atoms with Gasteiger partial charge in [-0.25, -0.2) is 0 Å². The maximum absolute atomic E-state index is 9.80. The van der Waals surface area contributed by atoms with Crippen molar-refractivity contribution in [2.75, 3.05) is 21.3 Å². The topological polar surface area (TPSA) is 60.7 Å². The van der Waals surface area contributed by atoms with E-state index in [0.717, 1.165) is 18.4 Å². The van der Waals surface area contributed by atoms with Crippen molar-refractivity contribution in [3.8, 4) is 29.1 Å². The van der Waals surface area contributed by atoms with Gasteiger partial charge in [-0.15, -0.1) is 0 Å². The molecule has 1 aliphatic carbocycles. The number of nitrogens with zero attached hydrogens (tertiary/aromatic N) is 1. The number of benzene rings is 2. The highest BCUT2D eigenvalue weighted by Gasteiger charge is 2.19. The molecule has 0 unspecified atom stereocenters. The Hall–Kier alpha value is -3.13. The molecule has 1 saturated carbocycles. The van der Waals surface area contributed by atoms with Gasteiger partial charge in [-0.1, -0.05) is 12.1 Å². The van der Waals surface area contributed by atoms with Gasteiger partial charge in [-0.2, -0.15) is 5.26 Å². The summed E-state index contributed by atoms with van der Waals surface area (Å²) in [7, 11) is 4.79. The van der Waals surface area contributed by atoms with Gasteiger partial charge in [0.05, 0.1) is 38.6 Å². The second-order valence-electron chi connectivity index (χ2n) is 6.64. The highest BCUT2D eigenvalue weighted by Crippen LogP contribution is 2.37. The standard InChI is InChI=1S/C23H25NO4/c1-25-19-12-11-16(14-22(19)28-18-7-4-5-8-18)13-17(15-24)23-20(26-2)9-6-10-21(23)27-3/h6,9-14,18H,4-5,7-8H2,1-3H3/b17-13+. The van der Waals surface area contributed by atoms with Gasteiger partial charge in [0, 0.05) is 0 Å². The lowest BCUT2D eigenvalue weighted by atomic mass is 10.0. The molecule has 0 atom stereocenters. The summed E-state index contributed by atoms with van der Waals surface area (Å²) in [6.07, 6.45) is 6.53. The predicted molar refractivity (Wildman–Crippen MR) is 109 cm³/mol. The first kappa shape index (κ1) is 19.6. The van der Waals surface area contributed by atoms with Crippen molar-refractivity contribution in [2.45, 2.75) is 31.8 Å². The lowest BCUT2D eigenvalue weighted by molar-refractivity contribution is 0.201. The molecule has 0 heterocycles. The number of methoxy groups -OCH3 is 3. The normalized spacial score (nSPS) is 14.4. The Labute approximate surface area is 166 Å². The van der Waals surface area contributed by atoms with Gasteiger partial charge < -0.3 is 18.9 Å². The molecule has 0 amide bonds. The lowest BCUT2D eigenvalue weighted by Crippen LogP contribution is -2.11. The van der Waals surface area contributed by atoms with Crippen molar-refractivity contribution in [1.29, 1.82) is 5.26 Å². The summed E-state index contributed by atoms with van der Waals surface area (Å²) in [6.45, 7) is 0. The van der Waals surface area contributed by atoms with E-state index >= 15 is 0 Å². The Morgan fingerprint density at radius 1 is 0.929 bits per heavy atom. The van der Waals surface area contributed by atoms with E-state index in [1.807, 2.05) is 36.4 Å². The second-order valence-corrected chi connectivity index (χ2v) is 6.64. The molecule has 1 aliphatic rings. The minimum absolute atomic E-state index is 0.220. The largest absolute Gasteiger partial charge is 0.496 e. The first-order valence-corrected chi connectivity index (χ1v) is 9.38. The van der Waals surface area contributed by atoms with E-state index in [0.29, 0.717) is 34.1 Å². The van der Waals surface area contributed by atoms with Crippen molar-refractivity contribution in [1.82, 2.24) is 0 Å². The lowest BCUT2D eigenvalue weighted by Gasteiger charge is -2.16. The van der Waals surface area contributed by atoms with Gasteiger partial charge >= 0.3 is 0 Å². The molecule has 2 aromatic carbocycles. The summed E-state index contributed by atoms with van der Waals surface area (Å²) < 4.78 is 22.5. The van der Waals surface area contributed by atoms with Crippen LogP contribution in [0, 0.1) is 11.3 Å². The molecule has 0 N–H and O–H groups in total. The van der Waals surface area contributed by atoms with Crippen LogP contribution in [0.15, 0.2) is 36.4 Å². The molecule has 0 saturated heterocycles. The summed E-state index contributed by atoms with van der Waals surface area (Å²) in [6, 6.07) is 13.4. The summed E-state index contributed by atoms with van der Waals surface area (Å²) in [5.74, 6) is 2.57. The van der Waals surface area contributed by atoms with Gasteiger partial charge in [-0.3, -0.25) is 0 Å². The van der Waals surface area contributed by atoms with E-state index in [1.54, 1.807) is 27.4 Å². The third kappa shape index (κ3) is 4.23. The minimum atomic E-state index is 0.220. The van der Waals surface area contributed by atoms with Crippen LogP contribution < -0.4 is 18.9 Å². The molecule has 5 nitrogen and oxygen atoms in total. The van der Waals surface area contributed by atoms with Crippen molar-refractivity contribution >= 4 is 11.6 Å². The third-order valence-electron chi connectivity index (χ3n) is 4.91. The van der Waals surface area contributed by atoms with Crippen molar-refractivity contribution < 1.29 is 18.9 Å². The van der Waals surface area contributed by atoms with Crippen molar-refractivity contribution in [3.05, 3.63) is 47.5 Å². The fourth-order valence-corrected chi connectivity index (χ4v) is 3.50. The van der Waals surface area contributed by atoms with Gasteiger partial charge in [0.25, 0.3) is 0 Å². The molecule has 0 spiro atoms. The van der Waals surface area contributed by atoms with Crippen LogP contribution in [0.1, 0.15) is 36.8 Å². The maximum Gasteiger partial charge on any atom is 0.162 e. The third-order valence-corrected chi connectivity index (χ3v) is 4.91. The molecular weight excluding hydrogens is 354 g/mol. The predicted octanol–water partition coefficient (Wildman–Crippen LogP) is 5.10. The van der Waals surface area contributed by atoms with Crippen LogP contribution in [-0.2, 0) is 0 Å². The minimum Gasteiger partial charge on any atom is -0.496 e. The van der Waals surface area contributed by atoms with Gasteiger partial charge in [0.15, 0.2) is 11.5 Å². The Bertz CT molecular complexity index is 870. The molecule has 2 aromatic rings. The summed E-state index contributed by atoms with van der Waals surface area (Å²) in [5.41, 5.74) is 1.92. The fraction of sp³-hybridized carbons (Fsp3) is 0.348. The Kier molecular flexibility index (Phi) is 6.44. The van der Waals surface area contributed by atoms with Crippen LogP contribution in [-0.4, -0.2) is 27.4 Å². The molecule has 0 aromatic heterocycles. The average Bonchev–Trinajstić information content (AvgIpc) is 3.24. The van der Waals surface area contributed by atoms with Crippen LogP contribution in [0.2, 0.25) is 0 Å². The van der Waals surface area contributed by atoms with E-state index in [2.05, 4.69) is 6.07 Å². The summed E-state index contributed by atoms with van der Waals surface area (Å²) in [5, 5.41) is 9.80. The highest BCUT2D eigenvalue weighted by molar-refractivity contribution is 5.94. The molecular formula is C23H25NO4. The Morgan fingerprint density at radius 3 is 2.14 bits per heavy atom. The molecule has 5 heteroatoms. The molecule has 1 fully saturated rings. The molecule has 0 bridgehead atoms. The first-order valence-electron chi connectivity index (χ1n) is 9.38. The van der Waals surface area contributed by atoms with Gasteiger partial charge in [0.2, 0.25) is 0 Å². The smallest absolute Gasteiger partial charge is 0.162 e. The van der Waals surface area contributed by atoms with Crippen LogP contribution in [0.4, 0.5) is 0 Å². The van der Waals surface area contributed by atoms with Crippen LogP contribution in [0.25, 0.3) is 11.6 Å². The van der Waals surface area contributed by atoms with Crippen molar-refractivity contribution in [3.63, 3.8) is 0 Å². The van der Waals surface area contributed by atoms with E-state index in [-0.39, 0.29) is 6.10 Å². The SMILES string of the molecule is COc1ccc(/C=C(\C#N)c2c(OC)cccc2OC)cc1OC1CCCC1. The van der Waals surface area contributed by atoms with Crippen molar-refractivity contribution in [2.24, 2.45) is 0 Å². The Morgan fingerprint density at radius 2 is 1.57 bits per heavy atom. The molecule has 146 valence electrons. The molecule has 0 aliphatic heterocycles. The van der Waals surface area contributed by atoms with Crippen LogP contribution in [0.5, 0.6) is 23.0 Å². The zero-order chi connectivity index (χ0) is 19.9. The van der Waals surface area contributed by atoms with E-state index in [1.165, 1.54) is 12.8 Å². The zero-order valence-corrected chi connectivity index (χ0v) is 16.5. The average molecular weight is 379 g/mol. The first-order chi connectivity index (χ1) is 13.7. The zero-order valence-electron chi connectivity index (χ0n) is 16.5. The number of rotatable bonds is 7. The van der Waals surface area contributed by atoms with Gasteiger partial charge in [-0.05, 0) is 61.6 Å². The summed E-state index contributed by atoms with van der Waals surface area (Å²) in [4.78, 5) is 0. The number of ether oxygens (including phenoxy) is 4. The maximum atomic E-state index is 9.80. The van der Waals surface area contributed by atoms with Gasteiger partial charge in [0.1, 0.15) is 17.6 Å². The number of hydrogen-bond acceptors (Lipinski definition) is 5. The second kappa shape index (κ2) is 9.18. The highest BCUT2D eigenvalue weighted by atomic mass is 16.5. The van der Waals surface area contributed by atoms with Crippen LogP contribution >= 0.6 is 0 Å². The molecule has 28 heavy (non-hydrogen) atoms. The van der Waals surface area contributed by atoms with E-state index in [4.69, 9.17) is 18.9 Å².